The average Bonchev–Trinajstić information content (AvgIpc) is 3.24. The van der Waals surface area contributed by atoms with Crippen molar-refractivity contribution < 1.29 is 0 Å². The van der Waals surface area contributed by atoms with Gasteiger partial charge in [0.15, 0.2) is 0 Å². The highest BCUT2D eigenvalue weighted by atomic mass is 14.2. The summed E-state index contributed by atoms with van der Waals surface area (Å²) in [4.78, 5) is 0. The molecule has 0 aliphatic rings. The van der Waals surface area contributed by atoms with Gasteiger partial charge in [-0.25, -0.2) is 0 Å². The first kappa shape index (κ1) is 36.4. The second kappa shape index (κ2) is 16.4. The Hall–Kier alpha value is -5.98. The van der Waals surface area contributed by atoms with Gasteiger partial charge in [-0.05, 0) is 119 Å². The molecule has 0 radical (unpaired) electrons. The third-order valence-electron chi connectivity index (χ3n) is 10.7. The van der Waals surface area contributed by atoms with E-state index in [0.717, 1.165) is 0 Å². The van der Waals surface area contributed by atoms with E-state index in [-0.39, 0.29) is 0 Å². The molecule has 0 nitrogen and oxygen atoms in total. The molecule has 0 aliphatic carbocycles. The zero-order chi connectivity index (χ0) is 37.6. The first-order valence-electron chi connectivity index (χ1n) is 19.7. The zero-order valence-corrected chi connectivity index (χ0v) is 32.6. The van der Waals surface area contributed by atoms with E-state index in [0.29, 0.717) is 0 Å². The summed E-state index contributed by atoms with van der Waals surface area (Å²) in [5.41, 5.74) is 12.8. The minimum Gasteiger partial charge on any atom is -0.0683 e. The van der Waals surface area contributed by atoms with Crippen molar-refractivity contribution in [2.75, 3.05) is 0 Å². The van der Waals surface area contributed by atoms with Crippen molar-refractivity contribution in [3.63, 3.8) is 0 Å². The zero-order valence-electron chi connectivity index (χ0n) is 32.6. The molecule has 0 fully saturated rings. The van der Waals surface area contributed by atoms with Crippen molar-refractivity contribution in [2.24, 2.45) is 0 Å². The number of unbranched alkanes of at least 4 members (excludes halogenated alkanes) is 1. The first-order valence-corrected chi connectivity index (χ1v) is 19.7. The number of fused-ring (bicyclic) bond motifs is 5. The van der Waals surface area contributed by atoms with E-state index in [9.17, 15) is 0 Å². The molecular weight excluding hydrogens is 649 g/mol. The van der Waals surface area contributed by atoms with E-state index in [1.165, 1.54) is 112 Å². The molecule has 9 rings (SSSR count). The molecule has 0 unspecified atom stereocenters. The van der Waals surface area contributed by atoms with E-state index < -0.39 is 0 Å². The molecule has 9 aromatic rings. The molecular formula is C54H50. The van der Waals surface area contributed by atoms with Crippen molar-refractivity contribution in [1.29, 1.82) is 0 Å². The average molecular weight is 699 g/mol. The Morgan fingerprint density at radius 2 is 0.704 bits per heavy atom. The smallest absolute Gasteiger partial charge is 0.00262 e. The van der Waals surface area contributed by atoms with Crippen molar-refractivity contribution in [3.05, 3.63) is 181 Å². The van der Waals surface area contributed by atoms with Crippen LogP contribution in [0.5, 0.6) is 0 Å². The minimum atomic E-state index is 1.23. The summed E-state index contributed by atoms with van der Waals surface area (Å²) in [6, 6.07) is 62.3. The summed E-state index contributed by atoms with van der Waals surface area (Å²) in [6.45, 7) is 12.9. The number of benzene rings is 9. The fraction of sp³-hybridized carbons (Fsp3) is 0.148. The van der Waals surface area contributed by atoms with Crippen LogP contribution in [-0.2, 0) is 0 Å². The van der Waals surface area contributed by atoms with Crippen molar-refractivity contribution >= 4 is 43.1 Å². The maximum atomic E-state index is 2.41. The Bertz CT molecular complexity index is 2650. The van der Waals surface area contributed by atoms with Crippen LogP contribution >= 0.6 is 0 Å². The van der Waals surface area contributed by atoms with Gasteiger partial charge in [0.25, 0.3) is 0 Å². The van der Waals surface area contributed by atoms with Crippen molar-refractivity contribution in [3.8, 4) is 44.5 Å². The van der Waals surface area contributed by atoms with Gasteiger partial charge in [-0.1, -0.05) is 204 Å². The first-order chi connectivity index (χ1) is 26.6. The van der Waals surface area contributed by atoms with Gasteiger partial charge in [-0.15, -0.1) is 0 Å². The monoisotopic (exact) mass is 698 g/mol. The number of hydrogen-bond acceptors (Lipinski definition) is 0. The van der Waals surface area contributed by atoms with Crippen LogP contribution in [0.1, 0.15) is 51.7 Å². The summed E-state index contributed by atoms with van der Waals surface area (Å²) in [6.07, 6.45) is 2.64. The molecule has 266 valence electrons. The minimum absolute atomic E-state index is 1.23. The van der Waals surface area contributed by atoms with Gasteiger partial charge in [0, 0.05) is 0 Å². The van der Waals surface area contributed by atoms with Crippen LogP contribution in [-0.4, -0.2) is 0 Å². The molecule has 0 amide bonds. The Morgan fingerprint density at radius 1 is 0.315 bits per heavy atom. The van der Waals surface area contributed by atoms with Gasteiger partial charge in [-0.2, -0.15) is 0 Å². The fourth-order valence-corrected chi connectivity index (χ4v) is 8.00. The summed E-state index contributed by atoms with van der Waals surface area (Å²) in [7, 11) is 0. The highest BCUT2D eigenvalue weighted by Gasteiger charge is 2.19. The lowest BCUT2D eigenvalue weighted by atomic mass is 9.83. The highest BCUT2D eigenvalue weighted by molar-refractivity contribution is 6.22. The third-order valence-corrected chi connectivity index (χ3v) is 10.7. The topological polar surface area (TPSA) is 0 Å². The number of aryl methyl sites for hydroxylation is 2. The fourth-order valence-electron chi connectivity index (χ4n) is 8.00. The molecule has 9 aromatic carbocycles. The lowest BCUT2D eigenvalue weighted by molar-refractivity contribution is 0.886. The third kappa shape index (κ3) is 6.70. The van der Waals surface area contributed by atoms with E-state index in [1.807, 2.05) is 13.8 Å². The molecule has 54 heavy (non-hydrogen) atoms. The second-order valence-corrected chi connectivity index (χ2v) is 13.9. The standard InChI is InChI=1S/C48H34.C4H10.C2H6/c1-31-29-36(27-28-37(31)46-32(2)38-19-6-7-20-39(38)40-21-8-9-22-41(40)46)48-44-25-12-10-23-42(44)47(43-24-11-13-26-45(43)48)35-18-14-17-34(30-35)33-15-4-3-5-16-33;1-3-4-2;1-2/h3-30H,1-2H3;3-4H2,1-2H3;1-2H3. The Kier molecular flexibility index (Phi) is 11.0. The molecule has 0 heterocycles. The summed E-state index contributed by atoms with van der Waals surface area (Å²) < 4.78 is 0. The van der Waals surface area contributed by atoms with E-state index in [4.69, 9.17) is 0 Å². The highest BCUT2D eigenvalue weighted by Crippen LogP contribution is 2.46. The van der Waals surface area contributed by atoms with Crippen molar-refractivity contribution in [1.82, 2.24) is 0 Å². The summed E-state index contributed by atoms with van der Waals surface area (Å²) in [5.74, 6) is 0. The van der Waals surface area contributed by atoms with Crippen LogP contribution in [0.3, 0.4) is 0 Å². The normalized spacial score (nSPS) is 10.9. The maximum Gasteiger partial charge on any atom is -0.00262 e. The molecule has 0 spiro atoms. The second-order valence-electron chi connectivity index (χ2n) is 13.9. The van der Waals surface area contributed by atoms with Gasteiger partial charge in [0.1, 0.15) is 0 Å². The molecule has 0 saturated heterocycles. The molecule has 0 atom stereocenters. The van der Waals surface area contributed by atoms with Crippen LogP contribution in [0.2, 0.25) is 0 Å². The van der Waals surface area contributed by atoms with Crippen LogP contribution in [0, 0.1) is 13.8 Å². The van der Waals surface area contributed by atoms with E-state index in [2.05, 4.69) is 198 Å². The Balaban J connectivity index is 0.000000706. The lowest BCUT2D eigenvalue weighted by Gasteiger charge is -2.20. The maximum absolute atomic E-state index is 2.41. The van der Waals surface area contributed by atoms with Crippen LogP contribution < -0.4 is 0 Å². The Morgan fingerprint density at radius 3 is 1.20 bits per heavy atom. The summed E-state index contributed by atoms with van der Waals surface area (Å²) in [5, 5.41) is 10.3. The van der Waals surface area contributed by atoms with E-state index in [1.54, 1.807) is 0 Å². The predicted molar refractivity (Wildman–Crippen MR) is 240 cm³/mol. The molecule has 0 heteroatoms. The van der Waals surface area contributed by atoms with Gasteiger partial charge in [0.05, 0.1) is 0 Å². The molecule has 0 aromatic heterocycles. The van der Waals surface area contributed by atoms with Gasteiger partial charge < -0.3 is 0 Å². The number of rotatable bonds is 5. The van der Waals surface area contributed by atoms with Crippen LogP contribution in [0.4, 0.5) is 0 Å². The van der Waals surface area contributed by atoms with Crippen LogP contribution in [0.25, 0.3) is 87.6 Å². The quantitative estimate of drug-likeness (QED) is 0.124. The van der Waals surface area contributed by atoms with Crippen molar-refractivity contribution in [2.45, 2.75) is 54.4 Å². The largest absolute Gasteiger partial charge is 0.0683 e. The van der Waals surface area contributed by atoms with Gasteiger partial charge in [-0.3, -0.25) is 0 Å². The SMILES string of the molecule is CC.CCCC.Cc1cc(-c2c3ccccc3c(-c3cccc(-c4ccccc4)c3)c3ccccc23)ccc1-c1c(C)c2ccccc2c2ccccc12. The predicted octanol–water partition coefficient (Wildman–Crippen LogP) is 16.4. The van der Waals surface area contributed by atoms with Gasteiger partial charge in [0.2, 0.25) is 0 Å². The molecule has 0 N–H and O–H groups in total. The van der Waals surface area contributed by atoms with Crippen LogP contribution in [0.15, 0.2) is 170 Å². The van der Waals surface area contributed by atoms with Gasteiger partial charge >= 0.3 is 0 Å². The molecule has 0 aliphatic heterocycles. The van der Waals surface area contributed by atoms with E-state index >= 15 is 0 Å². The number of hydrogen-bond donors (Lipinski definition) is 0. The Labute approximate surface area is 321 Å². The lowest BCUT2D eigenvalue weighted by Crippen LogP contribution is -1.94. The molecule has 0 saturated carbocycles. The summed E-state index contributed by atoms with van der Waals surface area (Å²) >= 11 is 0. The molecule has 0 bridgehead atoms.